The number of hydrogen-bond donors (Lipinski definition) is 2. The van der Waals surface area contributed by atoms with Crippen LogP contribution < -0.4 is 10.6 Å². The molecule has 0 amide bonds. The van der Waals surface area contributed by atoms with Crippen LogP contribution in [-0.4, -0.2) is 13.0 Å². The van der Waals surface area contributed by atoms with Gasteiger partial charge in [-0.15, -0.1) is 24.0 Å². The van der Waals surface area contributed by atoms with Crippen LogP contribution in [0.15, 0.2) is 39.7 Å². The zero-order chi connectivity index (χ0) is 15.2. The molecule has 4 nitrogen and oxygen atoms in total. The lowest BCUT2D eigenvalue weighted by Gasteiger charge is -2.12. The van der Waals surface area contributed by atoms with Crippen LogP contribution in [0.3, 0.4) is 0 Å². The van der Waals surface area contributed by atoms with E-state index < -0.39 is 0 Å². The summed E-state index contributed by atoms with van der Waals surface area (Å²) in [4.78, 5) is 4.25. The van der Waals surface area contributed by atoms with Crippen molar-refractivity contribution in [2.45, 2.75) is 33.9 Å². The van der Waals surface area contributed by atoms with Crippen LogP contribution in [0.5, 0.6) is 0 Å². The quantitative estimate of drug-likeness (QED) is 0.457. The van der Waals surface area contributed by atoms with Crippen LogP contribution in [0.2, 0.25) is 0 Å². The lowest BCUT2D eigenvalue weighted by atomic mass is 10.1. The minimum atomic E-state index is 0. The number of benzene rings is 1. The van der Waals surface area contributed by atoms with Crippen molar-refractivity contribution in [1.29, 1.82) is 0 Å². The minimum Gasteiger partial charge on any atom is -0.466 e. The first-order valence-corrected chi connectivity index (χ1v) is 7.15. The van der Waals surface area contributed by atoms with Gasteiger partial charge in [0.25, 0.3) is 0 Å². The summed E-state index contributed by atoms with van der Waals surface area (Å²) >= 11 is 0. The van der Waals surface area contributed by atoms with E-state index in [1.807, 2.05) is 13.8 Å². The lowest BCUT2D eigenvalue weighted by molar-refractivity contribution is 0.500. The zero-order valence-corrected chi connectivity index (χ0v) is 15.9. The molecular weight excluding hydrogens is 389 g/mol. The van der Waals surface area contributed by atoms with Crippen molar-refractivity contribution in [3.63, 3.8) is 0 Å². The number of aryl methyl sites for hydroxylation is 3. The molecule has 22 heavy (non-hydrogen) atoms. The number of halogens is 1. The van der Waals surface area contributed by atoms with E-state index in [2.05, 4.69) is 52.9 Å². The molecule has 5 heteroatoms. The average molecular weight is 413 g/mol. The monoisotopic (exact) mass is 413 g/mol. The maximum absolute atomic E-state index is 5.53. The van der Waals surface area contributed by atoms with E-state index in [0.29, 0.717) is 6.54 Å². The first-order valence-electron chi connectivity index (χ1n) is 7.15. The standard InChI is InChI=1S/C17H23N3O.HI/c1-12-7-5-6-8-15(12)10-19-17(18-4)20-11-16-9-13(2)21-14(16)3;/h5-9H,10-11H2,1-4H3,(H2,18,19,20);1H. The molecule has 120 valence electrons. The van der Waals surface area contributed by atoms with Gasteiger partial charge in [0.1, 0.15) is 11.5 Å². The SMILES string of the molecule is CN=C(NCc1ccccc1C)NCc1cc(C)oc1C.I. The van der Waals surface area contributed by atoms with E-state index in [1.165, 1.54) is 11.1 Å². The van der Waals surface area contributed by atoms with Gasteiger partial charge < -0.3 is 15.1 Å². The Bertz CT molecular complexity index is 635. The van der Waals surface area contributed by atoms with E-state index in [4.69, 9.17) is 4.42 Å². The normalized spacial score (nSPS) is 11.0. The predicted octanol–water partition coefficient (Wildman–Crippen LogP) is 3.69. The minimum absolute atomic E-state index is 0. The third-order valence-electron chi connectivity index (χ3n) is 3.52. The molecule has 0 saturated heterocycles. The van der Waals surface area contributed by atoms with Crippen molar-refractivity contribution in [1.82, 2.24) is 10.6 Å². The Labute approximate surface area is 149 Å². The maximum Gasteiger partial charge on any atom is 0.191 e. The molecule has 0 radical (unpaired) electrons. The molecule has 0 aliphatic heterocycles. The van der Waals surface area contributed by atoms with Gasteiger partial charge in [-0.1, -0.05) is 24.3 Å². The molecule has 0 fully saturated rings. The van der Waals surface area contributed by atoms with Gasteiger partial charge in [-0.05, 0) is 38.0 Å². The summed E-state index contributed by atoms with van der Waals surface area (Å²) in [5.41, 5.74) is 3.71. The summed E-state index contributed by atoms with van der Waals surface area (Å²) in [5.74, 6) is 2.68. The first kappa shape index (κ1) is 18.5. The fourth-order valence-electron chi connectivity index (χ4n) is 2.25. The van der Waals surface area contributed by atoms with Crippen molar-refractivity contribution < 1.29 is 4.42 Å². The molecule has 0 bridgehead atoms. The molecule has 2 rings (SSSR count). The summed E-state index contributed by atoms with van der Waals surface area (Å²) in [6.45, 7) is 7.52. The van der Waals surface area contributed by atoms with E-state index in [-0.39, 0.29) is 24.0 Å². The number of aliphatic imine (C=N–C) groups is 1. The summed E-state index contributed by atoms with van der Waals surface area (Å²) < 4.78 is 5.53. The van der Waals surface area contributed by atoms with Gasteiger partial charge in [0.05, 0.1) is 0 Å². The highest BCUT2D eigenvalue weighted by Crippen LogP contribution is 2.13. The Morgan fingerprint density at radius 2 is 1.68 bits per heavy atom. The van der Waals surface area contributed by atoms with Gasteiger partial charge in [0.2, 0.25) is 0 Å². The van der Waals surface area contributed by atoms with Gasteiger partial charge >= 0.3 is 0 Å². The molecule has 1 aromatic carbocycles. The largest absolute Gasteiger partial charge is 0.466 e. The highest BCUT2D eigenvalue weighted by molar-refractivity contribution is 14.0. The molecular formula is C17H24IN3O. The van der Waals surface area contributed by atoms with Crippen LogP contribution in [-0.2, 0) is 13.1 Å². The second kappa shape index (κ2) is 8.82. The third kappa shape index (κ3) is 5.05. The van der Waals surface area contributed by atoms with Gasteiger partial charge in [-0.3, -0.25) is 4.99 Å². The van der Waals surface area contributed by atoms with Gasteiger partial charge in [-0.2, -0.15) is 0 Å². The van der Waals surface area contributed by atoms with E-state index in [9.17, 15) is 0 Å². The maximum atomic E-state index is 5.53. The third-order valence-corrected chi connectivity index (χ3v) is 3.52. The molecule has 2 N–H and O–H groups in total. The van der Waals surface area contributed by atoms with E-state index in [0.717, 1.165) is 29.6 Å². The second-order valence-corrected chi connectivity index (χ2v) is 5.14. The molecule has 0 aliphatic rings. The smallest absolute Gasteiger partial charge is 0.191 e. The van der Waals surface area contributed by atoms with Crippen LogP contribution in [0.1, 0.15) is 28.2 Å². The number of furan rings is 1. The van der Waals surface area contributed by atoms with Crippen LogP contribution >= 0.6 is 24.0 Å². The Balaban J connectivity index is 0.00000242. The molecule has 0 saturated carbocycles. The van der Waals surface area contributed by atoms with Crippen LogP contribution in [0.25, 0.3) is 0 Å². The van der Waals surface area contributed by atoms with Crippen molar-refractivity contribution in [3.8, 4) is 0 Å². The predicted molar refractivity (Wildman–Crippen MR) is 102 cm³/mol. The Hall–Kier alpha value is -1.50. The topological polar surface area (TPSA) is 49.6 Å². The van der Waals surface area contributed by atoms with E-state index >= 15 is 0 Å². The van der Waals surface area contributed by atoms with Crippen LogP contribution in [0.4, 0.5) is 0 Å². The molecule has 2 aromatic rings. The molecule has 1 aromatic heterocycles. The Morgan fingerprint density at radius 1 is 1.05 bits per heavy atom. The first-order chi connectivity index (χ1) is 10.1. The number of hydrogen-bond acceptors (Lipinski definition) is 2. The Kier molecular flexibility index (Phi) is 7.44. The Morgan fingerprint density at radius 3 is 2.23 bits per heavy atom. The van der Waals surface area contributed by atoms with Crippen molar-refractivity contribution in [2.75, 3.05) is 7.05 Å². The zero-order valence-electron chi connectivity index (χ0n) is 13.6. The number of nitrogens with one attached hydrogen (secondary N) is 2. The fraction of sp³-hybridized carbons (Fsp3) is 0.353. The van der Waals surface area contributed by atoms with E-state index in [1.54, 1.807) is 7.05 Å². The summed E-state index contributed by atoms with van der Waals surface area (Å²) in [6.07, 6.45) is 0. The number of nitrogens with zero attached hydrogens (tertiary/aromatic N) is 1. The van der Waals surface area contributed by atoms with Crippen LogP contribution in [0, 0.1) is 20.8 Å². The summed E-state index contributed by atoms with van der Waals surface area (Å²) in [6, 6.07) is 10.4. The van der Waals surface area contributed by atoms with Gasteiger partial charge in [0, 0.05) is 25.7 Å². The molecule has 1 heterocycles. The number of rotatable bonds is 4. The van der Waals surface area contributed by atoms with Crippen molar-refractivity contribution in [3.05, 3.63) is 58.5 Å². The molecule has 0 spiro atoms. The van der Waals surface area contributed by atoms with Crippen molar-refractivity contribution in [2.24, 2.45) is 4.99 Å². The van der Waals surface area contributed by atoms with Gasteiger partial charge in [-0.25, -0.2) is 0 Å². The average Bonchev–Trinajstić information content (AvgIpc) is 2.79. The molecule has 0 aliphatic carbocycles. The lowest BCUT2D eigenvalue weighted by Crippen LogP contribution is -2.36. The second-order valence-electron chi connectivity index (χ2n) is 5.14. The number of guanidine groups is 1. The van der Waals surface area contributed by atoms with Crippen molar-refractivity contribution >= 4 is 29.9 Å². The molecule has 0 atom stereocenters. The summed E-state index contributed by atoms with van der Waals surface area (Å²) in [5, 5.41) is 6.64. The fourth-order valence-corrected chi connectivity index (χ4v) is 2.25. The highest BCUT2D eigenvalue weighted by Gasteiger charge is 2.06. The highest BCUT2D eigenvalue weighted by atomic mass is 127. The molecule has 0 unspecified atom stereocenters. The van der Waals surface area contributed by atoms with Gasteiger partial charge in [0.15, 0.2) is 5.96 Å². The summed E-state index contributed by atoms with van der Waals surface area (Å²) in [7, 11) is 1.78.